The van der Waals surface area contributed by atoms with Crippen LogP contribution in [0.2, 0.25) is 0 Å². The molecule has 2 amide bonds. The Balaban J connectivity index is 1.81. The van der Waals surface area contributed by atoms with Gasteiger partial charge in [0.25, 0.3) is 0 Å². The maximum absolute atomic E-state index is 12.5. The van der Waals surface area contributed by atoms with Crippen LogP contribution in [0, 0.1) is 0 Å². The van der Waals surface area contributed by atoms with Crippen LogP contribution in [-0.2, 0) is 0 Å². The van der Waals surface area contributed by atoms with E-state index in [2.05, 4.69) is 10.4 Å². The summed E-state index contributed by atoms with van der Waals surface area (Å²) in [5.74, 6) is 0.680. The van der Waals surface area contributed by atoms with Gasteiger partial charge in [0, 0.05) is 13.1 Å². The second kappa shape index (κ2) is 7.06. The monoisotopic (exact) mass is 332 g/mol. The molecule has 2 N–H and O–H groups in total. The van der Waals surface area contributed by atoms with Crippen LogP contribution < -0.4 is 5.32 Å². The highest BCUT2D eigenvalue weighted by Gasteiger charge is 2.23. The number of aliphatic hydroxyl groups is 1. The number of piperidine rings is 1. The fourth-order valence-corrected chi connectivity index (χ4v) is 3.10. The maximum Gasteiger partial charge on any atom is 0.323 e. The average molecular weight is 332 g/mol. The summed E-state index contributed by atoms with van der Waals surface area (Å²) in [6, 6.07) is 9.57. The molecular formula is C16H20N4O2S. The van der Waals surface area contributed by atoms with Gasteiger partial charge in [0.15, 0.2) is 5.82 Å². The minimum atomic E-state index is -0.296. The number of carbonyl (C=O) groups is 1. The third-order valence-electron chi connectivity index (χ3n) is 3.93. The van der Waals surface area contributed by atoms with Crippen molar-refractivity contribution in [3.05, 3.63) is 36.5 Å². The summed E-state index contributed by atoms with van der Waals surface area (Å²) < 4.78 is 1.74. The molecule has 6 nitrogen and oxygen atoms in total. The van der Waals surface area contributed by atoms with Gasteiger partial charge in [-0.15, -0.1) is 11.8 Å². The van der Waals surface area contributed by atoms with Crippen molar-refractivity contribution in [3.63, 3.8) is 0 Å². The van der Waals surface area contributed by atoms with Gasteiger partial charge in [0.2, 0.25) is 0 Å². The molecule has 0 aliphatic carbocycles. The van der Waals surface area contributed by atoms with Crippen LogP contribution in [0.1, 0.15) is 12.8 Å². The van der Waals surface area contributed by atoms with Crippen molar-refractivity contribution in [1.29, 1.82) is 0 Å². The molecule has 0 bridgehead atoms. The summed E-state index contributed by atoms with van der Waals surface area (Å²) in [6.45, 7) is 1.14. The molecule has 1 aromatic carbocycles. The quantitative estimate of drug-likeness (QED) is 0.848. The summed E-state index contributed by atoms with van der Waals surface area (Å²) in [5.41, 5.74) is 0.900. The fraction of sp³-hybridized carbons (Fsp3) is 0.375. The van der Waals surface area contributed by atoms with Crippen molar-refractivity contribution in [2.45, 2.75) is 23.8 Å². The minimum Gasteiger partial charge on any atom is -0.393 e. The lowest BCUT2D eigenvalue weighted by molar-refractivity contribution is 0.0971. The third kappa shape index (κ3) is 3.51. The van der Waals surface area contributed by atoms with Gasteiger partial charge < -0.3 is 10.0 Å². The zero-order valence-electron chi connectivity index (χ0n) is 13.0. The van der Waals surface area contributed by atoms with E-state index >= 15 is 0 Å². The average Bonchev–Trinajstić information content (AvgIpc) is 2.99. The summed E-state index contributed by atoms with van der Waals surface area (Å²) in [7, 11) is 0. The van der Waals surface area contributed by atoms with Crippen LogP contribution in [0.3, 0.4) is 0 Å². The maximum atomic E-state index is 12.5. The Kier molecular flexibility index (Phi) is 4.88. The number of hydrogen-bond donors (Lipinski definition) is 2. The summed E-state index contributed by atoms with van der Waals surface area (Å²) in [5, 5.41) is 16.9. The Morgan fingerprint density at radius 1 is 1.30 bits per heavy atom. The van der Waals surface area contributed by atoms with Crippen molar-refractivity contribution >= 4 is 23.6 Å². The van der Waals surface area contributed by atoms with Gasteiger partial charge in [-0.3, -0.25) is 5.32 Å². The molecule has 23 heavy (non-hydrogen) atoms. The summed E-state index contributed by atoms with van der Waals surface area (Å²) in [4.78, 5) is 15.2. The highest BCUT2D eigenvalue weighted by atomic mass is 32.2. The Morgan fingerprint density at radius 3 is 2.65 bits per heavy atom. The zero-order valence-corrected chi connectivity index (χ0v) is 13.8. The second-order valence-corrected chi connectivity index (χ2v) is 6.31. The van der Waals surface area contributed by atoms with Crippen LogP contribution in [0.5, 0.6) is 0 Å². The predicted molar refractivity (Wildman–Crippen MR) is 91.2 cm³/mol. The van der Waals surface area contributed by atoms with Crippen LogP contribution in [0.25, 0.3) is 5.69 Å². The highest BCUT2D eigenvalue weighted by Crippen LogP contribution is 2.28. The molecule has 0 radical (unpaired) electrons. The van der Waals surface area contributed by atoms with E-state index in [4.69, 9.17) is 0 Å². The molecule has 1 aliphatic heterocycles. The van der Waals surface area contributed by atoms with Crippen LogP contribution in [-0.4, -0.2) is 51.3 Å². The molecule has 1 fully saturated rings. The largest absolute Gasteiger partial charge is 0.393 e. The Morgan fingerprint density at radius 2 is 2.00 bits per heavy atom. The molecule has 1 aliphatic rings. The smallest absolute Gasteiger partial charge is 0.323 e. The number of rotatable bonds is 3. The van der Waals surface area contributed by atoms with Crippen molar-refractivity contribution in [1.82, 2.24) is 14.7 Å². The molecule has 3 rings (SSSR count). The molecule has 122 valence electrons. The standard InChI is InChI=1S/C16H20N4O2S/c1-23-14-11-17-20(12-5-3-2-4-6-12)15(14)18-16(22)19-9-7-13(21)8-10-19/h2-6,11,13,21H,7-10H2,1H3,(H,18,22). The molecule has 7 heteroatoms. The van der Waals surface area contributed by atoms with Crippen molar-refractivity contribution in [3.8, 4) is 5.69 Å². The number of aromatic nitrogens is 2. The number of thioether (sulfide) groups is 1. The number of carbonyl (C=O) groups excluding carboxylic acids is 1. The van der Waals surface area contributed by atoms with E-state index in [0.717, 1.165) is 10.6 Å². The lowest BCUT2D eigenvalue weighted by Crippen LogP contribution is -2.42. The van der Waals surface area contributed by atoms with Crippen LogP contribution in [0.4, 0.5) is 10.6 Å². The van der Waals surface area contributed by atoms with Gasteiger partial charge in [-0.25, -0.2) is 9.48 Å². The number of urea groups is 1. The number of hydrogen-bond acceptors (Lipinski definition) is 4. The normalized spacial score (nSPS) is 15.7. The molecular weight excluding hydrogens is 312 g/mol. The molecule has 2 heterocycles. The number of nitrogens with one attached hydrogen (secondary N) is 1. The number of benzene rings is 1. The topological polar surface area (TPSA) is 70.4 Å². The van der Waals surface area contributed by atoms with Crippen LogP contribution in [0.15, 0.2) is 41.4 Å². The van der Waals surface area contributed by atoms with Gasteiger partial charge in [-0.2, -0.15) is 5.10 Å². The fourth-order valence-electron chi connectivity index (χ4n) is 2.61. The Bertz CT molecular complexity index is 666. The Hall–Kier alpha value is -1.99. The van der Waals surface area contributed by atoms with Gasteiger partial charge in [-0.05, 0) is 31.2 Å². The van der Waals surface area contributed by atoms with Crippen LogP contribution >= 0.6 is 11.8 Å². The van der Waals surface area contributed by atoms with E-state index in [1.165, 1.54) is 0 Å². The van der Waals surface area contributed by atoms with E-state index in [1.807, 2.05) is 36.6 Å². The van der Waals surface area contributed by atoms with Crippen molar-refractivity contribution < 1.29 is 9.90 Å². The molecule has 0 saturated carbocycles. The lowest BCUT2D eigenvalue weighted by atomic mass is 10.1. The van der Waals surface area contributed by atoms with E-state index < -0.39 is 0 Å². The molecule has 1 aromatic heterocycles. The van der Waals surface area contributed by atoms with E-state index in [-0.39, 0.29) is 12.1 Å². The van der Waals surface area contributed by atoms with E-state index in [0.29, 0.717) is 31.7 Å². The van der Waals surface area contributed by atoms with Crippen molar-refractivity contribution in [2.24, 2.45) is 0 Å². The highest BCUT2D eigenvalue weighted by molar-refractivity contribution is 7.98. The van der Waals surface area contributed by atoms with Gasteiger partial charge >= 0.3 is 6.03 Å². The van der Waals surface area contributed by atoms with E-state index in [1.54, 1.807) is 27.5 Å². The first kappa shape index (κ1) is 15.9. The molecule has 0 atom stereocenters. The molecule has 2 aromatic rings. The molecule has 0 spiro atoms. The van der Waals surface area contributed by atoms with Gasteiger partial charge in [-0.1, -0.05) is 18.2 Å². The first-order valence-electron chi connectivity index (χ1n) is 7.60. The van der Waals surface area contributed by atoms with Gasteiger partial charge in [0.05, 0.1) is 22.9 Å². The predicted octanol–water partition coefficient (Wildman–Crippen LogP) is 2.58. The zero-order chi connectivity index (χ0) is 16.2. The number of para-hydroxylation sites is 1. The van der Waals surface area contributed by atoms with Crippen molar-refractivity contribution in [2.75, 3.05) is 24.7 Å². The Labute approximate surface area is 139 Å². The summed E-state index contributed by atoms with van der Waals surface area (Å²) in [6.07, 6.45) is 4.67. The number of likely N-dealkylation sites (tertiary alicyclic amines) is 1. The van der Waals surface area contributed by atoms with E-state index in [9.17, 15) is 9.90 Å². The first-order chi connectivity index (χ1) is 11.2. The second-order valence-electron chi connectivity index (χ2n) is 5.46. The number of amides is 2. The third-order valence-corrected chi connectivity index (χ3v) is 4.67. The number of aliphatic hydroxyl groups excluding tert-OH is 1. The first-order valence-corrected chi connectivity index (χ1v) is 8.83. The molecule has 0 unspecified atom stereocenters. The van der Waals surface area contributed by atoms with Gasteiger partial charge in [0.1, 0.15) is 0 Å². The molecule has 1 saturated heterocycles. The lowest BCUT2D eigenvalue weighted by Gasteiger charge is -2.29. The SMILES string of the molecule is CSc1cnn(-c2ccccc2)c1NC(=O)N1CCC(O)CC1. The minimum absolute atomic E-state index is 0.148. The number of nitrogens with zero attached hydrogens (tertiary/aromatic N) is 3. The number of anilines is 1. The summed E-state index contributed by atoms with van der Waals surface area (Å²) >= 11 is 1.54.